The van der Waals surface area contributed by atoms with Gasteiger partial charge in [0.15, 0.2) is 0 Å². The van der Waals surface area contributed by atoms with Gasteiger partial charge in [-0.2, -0.15) is 0 Å². The van der Waals surface area contributed by atoms with Crippen LogP contribution in [0.5, 0.6) is 0 Å². The number of aromatic nitrogens is 1. The highest BCUT2D eigenvalue weighted by Gasteiger charge is 2.49. The number of aryl methyl sites for hydroxylation is 1. The SMILES string of the molecule is COCC1(C(N)=O)CCCN1C(=O)c1cc[nH]c1C. The molecule has 0 aliphatic carbocycles. The second-order valence-corrected chi connectivity index (χ2v) is 4.91. The largest absolute Gasteiger partial charge is 0.382 e. The first-order valence-corrected chi connectivity index (χ1v) is 6.28. The molecule has 1 aromatic heterocycles. The van der Waals surface area contributed by atoms with Gasteiger partial charge in [0.1, 0.15) is 5.54 Å². The molecule has 19 heavy (non-hydrogen) atoms. The number of hydrogen-bond acceptors (Lipinski definition) is 3. The molecule has 104 valence electrons. The molecule has 1 fully saturated rings. The van der Waals surface area contributed by atoms with Gasteiger partial charge in [0.2, 0.25) is 5.91 Å². The van der Waals surface area contributed by atoms with Crippen LogP contribution in [0, 0.1) is 6.92 Å². The molecule has 0 aromatic carbocycles. The summed E-state index contributed by atoms with van der Waals surface area (Å²) in [7, 11) is 1.51. The van der Waals surface area contributed by atoms with Crippen LogP contribution < -0.4 is 5.73 Å². The van der Waals surface area contributed by atoms with E-state index in [4.69, 9.17) is 10.5 Å². The van der Waals surface area contributed by atoms with Gasteiger partial charge in [0, 0.05) is 25.5 Å². The molecular weight excluding hydrogens is 246 g/mol. The van der Waals surface area contributed by atoms with E-state index in [1.165, 1.54) is 7.11 Å². The van der Waals surface area contributed by atoms with E-state index in [-0.39, 0.29) is 12.5 Å². The van der Waals surface area contributed by atoms with Crippen LogP contribution in [-0.4, -0.2) is 47.5 Å². The van der Waals surface area contributed by atoms with Crippen LogP contribution in [0.1, 0.15) is 28.9 Å². The lowest BCUT2D eigenvalue weighted by atomic mass is 9.95. The number of nitrogens with zero attached hydrogens (tertiary/aromatic N) is 1. The van der Waals surface area contributed by atoms with Crippen LogP contribution in [0.4, 0.5) is 0 Å². The van der Waals surface area contributed by atoms with Crippen molar-refractivity contribution in [3.8, 4) is 0 Å². The minimum absolute atomic E-state index is 0.136. The molecule has 3 N–H and O–H groups in total. The highest BCUT2D eigenvalue weighted by molar-refractivity contribution is 6.00. The standard InChI is InChI=1S/C13H19N3O3/c1-9-10(4-6-15-9)11(17)16-7-3-5-13(16,8-19-2)12(14)18/h4,6,15H,3,5,7-8H2,1-2H3,(H2,14,18). The quantitative estimate of drug-likeness (QED) is 0.827. The molecule has 0 radical (unpaired) electrons. The Morgan fingerprint density at radius 1 is 1.58 bits per heavy atom. The number of amides is 2. The van der Waals surface area contributed by atoms with Gasteiger partial charge in [-0.25, -0.2) is 0 Å². The Morgan fingerprint density at radius 2 is 2.32 bits per heavy atom. The van der Waals surface area contributed by atoms with E-state index >= 15 is 0 Å². The molecule has 2 heterocycles. The molecular formula is C13H19N3O3. The lowest BCUT2D eigenvalue weighted by Gasteiger charge is -2.35. The first-order chi connectivity index (χ1) is 9.03. The maximum atomic E-state index is 12.6. The van der Waals surface area contributed by atoms with Crippen LogP contribution in [0.15, 0.2) is 12.3 Å². The van der Waals surface area contributed by atoms with Crippen molar-refractivity contribution in [1.82, 2.24) is 9.88 Å². The number of hydrogen-bond donors (Lipinski definition) is 2. The molecule has 1 aliphatic heterocycles. The van der Waals surface area contributed by atoms with Gasteiger partial charge in [-0.1, -0.05) is 0 Å². The Labute approximate surface area is 111 Å². The number of likely N-dealkylation sites (tertiary alicyclic amines) is 1. The summed E-state index contributed by atoms with van der Waals surface area (Å²) in [6, 6.07) is 1.72. The number of nitrogens with two attached hydrogens (primary N) is 1. The number of primary amides is 1. The molecule has 1 unspecified atom stereocenters. The third kappa shape index (κ3) is 2.12. The van der Waals surface area contributed by atoms with Crippen LogP contribution >= 0.6 is 0 Å². The maximum Gasteiger partial charge on any atom is 0.256 e. The summed E-state index contributed by atoms with van der Waals surface area (Å²) in [5, 5.41) is 0. The first-order valence-electron chi connectivity index (χ1n) is 6.28. The van der Waals surface area contributed by atoms with Crippen LogP contribution in [0.2, 0.25) is 0 Å². The highest BCUT2D eigenvalue weighted by atomic mass is 16.5. The molecule has 6 nitrogen and oxygen atoms in total. The van der Waals surface area contributed by atoms with Crippen LogP contribution in [0.25, 0.3) is 0 Å². The predicted molar refractivity (Wildman–Crippen MR) is 69.6 cm³/mol. The van der Waals surface area contributed by atoms with Crippen molar-refractivity contribution in [2.24, 2.45) is 5.73 Å². The Bertz CT molecular complexity index is 497. The number of nitrogens with one attached hydrogen (secondary N) is 1. The van der Waals surface area contributed by atoms with E-state index in [0.717, 1.165) is 12.1 Å². The highest BCUT2D eigenvalue weighted by Crippen LogP contribution is 2.31. The molecule has 2 rings (SSSR count). The van der Waals surface area contributed by atoms with Gasteiger partial charge in [-0.15, -0.1) is 0 Å². The normalized spacial score (nSPS) is 22.7. The zero-order valence-corrected chi connectivity index (χ0v) is 11.2. The van der Waals surface area contributed by atoms with Crippen LogP contribution in [-0.2, 0) is 9.53 Å². The zero-order valence-electron chi connectivity index (χ0n) is 11.2. The van der Waals surface area contributed by atoms with Crippen molar-refractivity contribution in [3.63, 3.8) is 0 Å². The molecule has 1 aromatic rings. The van der Waals surface area contributed by atoms with E-state index < -0.39 is 11.4 Å². The van der Waals surface area contributed by atoms with Crippen LogP contribution in [0.3, 0.4) is 0 Å². The molecule has 1 saturated heterocycles. The molecule has 0 saturated carbocycles. The fourth-order valence-corrected chi connectivity index (χ4v) is 2.72. The summed E-state index contributed by atoms with van der Waals surface area (Å²) < 4.78 is 5.12. The summed E-state index contributed by atoms with van der Waals surface area (Å²) in [6.07, 6.45) is 3.01. The monoisotopic (exact) mass is 265 g/mol. The first kappa shape index (κ1) is 13.6. The van der Waals surface area contributed by atoms with E-state index in [2.05, 4.69) is 4.98 Å². The summed E-state index contributed by atoms with van der Waals surface area (Å²) in [5.74, 6) is -0.680. The number of carbonyl (C=O) groups is 2. The Balaban J connectivity index is 2.35. The predicted octanol–water partition coefficient (Wildman–Crippen LogP) is 0.430. The Kier molecular flexibility index (Phi) is 3.61. The zero-order chi connectivity index (χ0) is 14.0. The average Bonchev–Trinajstić information content (AvgIpc) is 2.96. The van der Waals surface area contributed by atoms with E-state index in [0.29, 0.717) is 18.5 Å². The number of rotatable bonds is 4. The van der Waals surface area contributed by atoms with Crippen molar-refractivity contribution in [1.29, 1.82) is 0 Å². The third-order valence-electron chi connectivity index (χ3n) is 3.76. The molecule has 1 aliphatic rings. The fourth-order valence-electron chi connectivity index (χ4n) is 2.72. The summed E-state index contributed by atoms with van der Waals surface area (Å²) in [5.41, 5.74) is 5.86. The number of carbonyl (C=O) groups excluding carboxylic acids is 2. The van der Waals surface area contributed by atoms with Gasteiger partial charge < -0.3 is 20.4 Å². The van der Waals surface area contributed by atoms with Gasteiger partial charge in [-0.05, 0) is 25.8 Å². The Hall–Kier alpha value is -1.82. The Morgan fingerprint density at radius 3 is 2.84 bits per heavy atom. The van der Waals surface area contributed by atoms with Gasteiger partial charge in [0.25, 0.3) is 5.91 Å². The topological polar surface area (TPSA) is 88.4 Å². The number of aromatic amines is 1. The van der Waals surface area contributed by atoms with Crippen molar-refractivity contribution in [2.45, 2.75) is 25.3 Å². The fraction of sp³-hybridized carbons (Fsp3) is 0.538. The van der Waals surface area contributed by atoms with E-state index in [9.17, 15) is 9.59 Å². The second kappa shape index (κ2) is 5.05. The number of ether oxygens (including phenoxy) is 1. The van der Waals surface area contributed by atoms with Crippen molar-refractivity contribution in [2.75, 3.05) is 20.3 Å². The maximum absolute atomic E-state index is 12.6. The molecule has 2 amide bonds. The minimum Gasteiger partial charge on any atom is -0.382 e. The summed E-state index contributed by atoms with van der Waals surface area (Å²) in [6.45, 7) is 2.48. The molecule has 0 spiro atoms. The van der Waals surface area contributed by atoms with Gasteiger partial charge in [-0.3, -0.25) is 9.59 Å². The summed E-state index contributed by atoms with van der Waals surface area (Å²) in [4.78, 5) is 28.9. The molecule has 0 bridgehead atoms. The minimum atomic E-state index is -1.02. The van der Waals surface area contributed by atoms with Crippen molar-refractivity contribution in [3.05, 3.63) is 23.5 Å². The van der Waals surface area contributed by atoms with Crippen molar-refractivity contribution >= 4 is 11.8 Å². The number of methoxy groups -OCH3 is 1. The van der Waals surface area contributed by atoms with Crippen molar-refractivity contribution < 1.29 is 14.3 Å². The van der Waals surface area contributed by atoms with Gasteiger partial charge >= 0.3 is 0 Å². The third-order valence-corrected chi connectivity index (χ3v) is 3.76. The smallest absolute Gasteiger partial charge is 0.256 e. The summed E-state index contributed by atoms with van der Waals surface area (Å²) >= 11 is 0. The lowest BCUT2D eigenvalue weighted by molar-refractivity contribution is -0.130. The van der Waals surface area contributed by atoms with E-state index in [1.807, 2.05) is 6.92 Å². The second-order valence-electron chi connectivity index (χ2n) is 4.91. The molecule has 1 atom stereocenters. The van der Waals surface area contributed by atoms with Gasteiger partial charge in [0.05, 0.1) is 12.2 Å². The number of H-pyrrole nitrogens is 1. The van der Waals surface area contributed by atoms with E-state index in [1.54, 1.807) is 17.2 Å². The molecule has 6 heteroatoms. The lowest BCUT2D eigenvalue weighted by Crippen LogP contribution is -2.58. The average molecular weight is 265 g/mol.